The van der Waals surface area contributed by atoms with E-state index < -0.39 is 0 Å². The van der Waals surface area contributed by atoms with Gasteiger partial charge >= 0.3 is 0 Å². The molecule has 98 valence electrons. The molecule has 0 spiro atoms. The van der Waals surface area contributed by atoms with Gasteiger partial charge in [-0.25, -0.2) is 4.98 Å². The fourth-order valence-corrected chi connectivity index (χ4v) is 1.83. The number of benzene rings is 1. The molecule has 0 bridgehead atoms. The van der Waals surface area contributed by atoms with Crippen LogP contribution in [0.1, 0.15) is 6.92 Å². The first-order chi connectivity index (χ1) is 9.06. The van der Waals surface area contributed by atoms with Gasteiger partial charge in [0.05, 0.1) is 27.6 Å². The van der Waals surface area contributed by atoms with Gasteiger partial charge in [-0.15, -0.1) is 0 Å². The highest BCUT2D eigenvalue weighted by atomic mass is 35.5. The van der Waals surface area contributed by atoms with E-state index in [1.54, 1.807) is 30.5 Å². The fourth-order valence-electron chi connectivity index (χ4n) is 1.48. The van der Waals surface area contributed by atoms with Crippen molar-refractivity contribution in [3.63, 3.8) is 0 Å². The predicted octanol–water partition coefficient (Wildman–Crippen LogP) is 4.09. The van der Waals surface area contributed by atoms with Crippen molar-refractivity contribution in [3.05, 3.63) is 46.6 Å². The molecule has 0 saturated carbocycles. The SMILES string of the molecule is CC(=O)Nc1ccc(Nc2cccc(Cl)c2Cl)cn1. The number of amides is 1. The zero-order valence-corrected chi connectivity index (χ0v) is 11.6. The van der Waals surface area contributed by atoms with E-state index in [4.69, 9.17) is 23.2 Å². The van der Waals surface area contributed by atoms with Crippen molar-refractivity contribution in [1.29, 1.82) is 0 Å². The average Bonchev–Trinajstić information content (AvgIpc) is 2.37. The van der Waals surface area contributed by atoms with Crippen molar-refractivity contribution in [2.75, 3.05) is 10.6 Å². The van der Waals surface area contributed by atoms with Crippen molar-refractivity contribution in [2.45, 2.75) is 6.92 Å². The van der Waals surface area contributed by atoms with Gasteiger partial charge in [-0.2, -0.15) is 0 Å². The fraction of sp³-hybridized carbons (Fsp3) is 0.0769. The Morgan fingerprint density at radius 2 is 2.00 bits per heavy atom. The van der Waals surface area contributed by atoms with Crippen molar-refractivity contribution < 1.29 is 4.79 Å². The van der Waals surface area contributed by atoms with Crippen LogP contribution in [0.15, 0.2) is 36.5 Å². The summed E-state index contributed by atoms with van der Waals surface area (Å²) in [5, 5.41) is 6.63. The largest absolute Gasteiger partial charge is 0.353 e. The predicted molar refractivity (Wildman–Crippen MR) is 78.3 cm³/mol. The van der Waals surface area contributed by atoms with Gasteiger partial charge in [-0.3, -0.25) is 4.79 Å². The lowest BCUT2D eigenvalue weighted by Gasteiger charge is -2.09. The number of hydrogen-bond donors (Lipinski definition) is 2. The molecular weight excluding hydrogens is 285 g/mol. The highest BCUT2D eigenvalue weighted by Crippen LogP contribution is 2.31. The first kappa shape index (κ1) is 13.6. The Morgan fingerprint density at radius 3 is 2.63 bits per heavy atom. The van der Waals surface area contributed by atoms with Gasteiger partial charge in [0.15, 0.2) is 0 Å². The second-order valence-corrected chi connectivity index (χ2v) is 4.62. The molecule has 0 saturated heterocycles. The molecule has 19 heavy (non-hydrogen) atoms. The molecule has 6 heteroatoms. The van der Waals surface area contributed by atoms with Crippen molar-refractivity contribution in [2.24, 2.45) is 0 Å². The van der Waals surface area contributed by atoms with Gasteiger partial charge in [0.2, 0.25) is 5.91 Å². The zero-order chi connectivity index (χ0) is 13.8. The van der Waals surface area contributed by atoms with Gasteiger partial charge in [-0.1, -0.05) is 29.3 Å². The average molecular weight is 296 g/mol. The molecule has 4 nitrogen and oxygen atoms in total. The van der Waals surface area contributed by atoms with E-state index in [-0.39, 0.29) is 5.91 Å². The summed E-state index contributed by atoms with van der Waals surface area (Å²) >= 11 is 12.0. The quantitative estimate of drug-likeness (QED) is 0.897. The minimum absolute atomic E-state index is 0.161. The first-order valence-corrected chi connectivity index (χ1v) is 6.26. The van der Waals surface area contributed by atoms with Gasteiger partial charge in [0.25, 0.3) is 0 Å². The molecule has 1 heterocycles. The third kappa shape index (κ3) is 3.59. The molecule has 0 aliphatic rings. The smallest absolute Gasteiger partial charge is 0.222 e. The summed E-state index contributed by atoms with van der Waals surface area (Å²) in [6.07, 6.45) is 1.60. The number of anilines is 3. The van der Waals surface area contributed by atoms with E-state index in [0.29, 0.717) is 21.6 Å². The Bertz CT molecular complexity index is 599. The second-order valence-electron chi connectivity index (χ2n) is 3.84. The number of hydrogen-bond acceptors (Lipinski definition) is 3. The second kappa shape index (κ2) is 5.91. The van der Waals surface area contributed by atoms with Crippen LogP contribution in [-0.4, -0.2) is 10.9 Å². The van der Waals surface area contributed by atoms with Gasteiger partial charge in [0.1, 0.15) is 5.82 Å². The first-order valence-electron chi connectivity index (χ1n) is 5.51. The molecule has 0 radical (unpaired) electrons. The molecule has 1 aromatic carbocycles. The van der Waals surface area contributed by atoms with E-state index in [1.807, 2.05) is 6.07 Å². The number of nitrogens with one attached hydrogen (secondary N) is 2. The van der Waals surface area contributed by atoms with Crippen LogP contribution in [0.5, 0.6) is 0 Å². The lowest BCUT2D eigenvalue weighted by molar-refractivity contribution is -0.114. The number of nitrogens with zero attached hydrogens (tertiary/aromatic N) is 1. The molecule has 1 amide bonds. The molecule has 0 aliphatic carbocycles. The van der Waals surface area contributed by atoms with E-state index in [0.717, 1.165) is 5.69 Å². The molecule has 0 unspecified atom stereocenters. The Kier molecular flexibility index (Phi) is 4.24. The number of aromatic nitrogens is 1. The number of carbonyl (C=O) groups is 1. The van der Waals surface area contributed by atoms with Crippen molar-refractivity contribution in [3.8, 4) is 0 Å². The van der Waals surface area contributed by atoms with Crippen LogP contribution in [0.4, 0.5) is 17.2 Å². The summed E-state index contributed by atoms with van der Waals surface area (Å²) in [6.45, 7) is 1.43. The maximum absolute atomic E-state index is 10.9. The molecule has 0 aliphatic heterocycles. The standard InChI is InChI=1S/C13H11Cl2N3O/c1-8(19)17-12-6-5-9(7-16-12)18-11-4-2-3-10(14)13(11)15/h2-7,18H,1H3,(H,16,17,19). The van der Waals surface area contributed by atoms with Crippen LogP contribution in [0.2, 0.25) is 10.0 Å². The topological polar surface area (TPSA) is 54.0 Å². The lowest BCUT2D eigenvalue weighted by atomic mass is 10.3. The Morgan fingerprint density at radius 1 is 1.21 bits per heavy atom. The van der Waals surface area contributed by atoms with Crippen LogP contribution >= 0.6 is 23.2 Å². The van der Waals surface area contributed by atoms with Crippen LogP contribution in [0, 0.1) is 0 Å². The monoisotopic (exact) mass is 295 g/mol. The minimum Gasteiger partial charge on any atom is -0.353 e. The summed E-state index contributed by atoms with van der Waals surface area (Å²) in [7, 11) is 0. The Balaban J connectivity index is 2.15. The third-order valence-electron chi connectivity index (χ3n) is 2.30. The van der Waals surface area contributed by atoms with Crippen LogP contribution in [0.3, 0.4) is 0 Å². The lowest BCUT2D eigenvalue weighted by Crippen LogP contribution is -2.07. The summed E-state index contributed by atoms with van der Waals surface area (Å²) in [5.41, 5.74) is 1.45. The summed E-state index contributed by atoms with van der Waals surface area (Å²) in [5.74, 6) is 0.335. The number of rotatable bonds is 3. The maximum Gasteiger partial charge on any atom is 0.222 e. The van der Waals surface area contributed by atoms with E-state index in [1.165, 1.54) is 6.92 Å². The number of pyridine rings is 1. The minimum atomic E-state index is -0.161. The van der Waals surface area contributed by atoms with E-state index in [9.17, 15) is 4.79 Å². The summed E-state index contributed by atoms with van der Waals surface area (Å²) < 4.78 is 0. The van der Waals surface area contributed by atoms with Gasteiger partial charge in [0, 0.05) is 6.92 Å². The summed E-state index contributed by atoms with van der Waals surface area (Å²) in [6, 6.07) is 8.82. The number of carbonyl (C=O) groups excluding carboxylic acids is 1. The molecule has 2 rings (SSSR count). The van der Waals surface area contributed by atoms with Crippen molar-refractivity contribution >= 4 is 46.3 Å². The van der Waals surface area contributed by atoms with Crippen molar-refractivity contribution in [1.82, 2.24) is 4.98 Å². The van der Waals surface area contributed by atoms with Crippen LogP contribution in [0.25, 0.3) is 0 Å². The maximum atomic E-state index is 10.9. The van der Waals surface area contributed by atoms with Crippen LogP contribution < -0.4 is 10.6 Å². The Labute approximate surface area is 120 Å². The molecule has 0 atom stereocenters. The number of halogens is 2. The highest BCUT2D eigenvalue weighted by Gasteiger charge is 2.05. The molecule has 2 N–H and O–H groups in total. The molecule has 0 fully saturated rings. The highest BCUT2D eigenvalue weighted by molar-refractivity contribution is 6.43. The summed E-state index contributed by atoms with van der Waals surface area (Å²) in [4.78, 5) is 15.0. The van der Waals surface area contributed by atoms with Gasteiger partial charge in [-0.05, 0) is 24.3 Å². The molecule has 2 aromatic rings. The molecule has 1 aromatic heterocycles. The Hall–Kier alpha value is -1.78. The zero-order valence-electron chi connectivity index (χ0n) is 10.1. The third-order valence-corrected chi connectivity index (χ3v) is 3.12. The molecular formula is C13H11Cl2N3O. The van der Waals surface area contributed by atoms with Gasteiger partial charge < -0.3 is 10.6 Å². The normalized spacial score (nSPS) is 10.1. The van der Waals surface area contributed by atoms with E-state index >= 15 is 0 Å². The van der Waals surface area contributed by atoms with Crippen LogP contribution in [-0.2, 0) is 4.79 Å². The van der Waals surface area contributed by atoms with E-state index in [2.05, 4.69) is 15.6 Å².